The minimum Gasteiger partial charge on any atom is -0.469 e. The van der Waals surface area contributed by atoms with Gasteiger partial charge in [-0.25, -0.2) is 0 Å². The van der Waals surface area contributed by atoms with Crippen molar-refractivity contribution in [3.05, 3.63) is 35.3 Å². The molecular formula is C14H17N5O3. The molecule has 2 amide bonds. The van der Waals surface area contributed by atoms with Gasteiger partial charge in [0.2, 0.25) is 5.91 Å². The van der Waals surface area contributed by atoms with Gasteiger partial charge in [-0.2, -0.15) is 0 Å². The molecule has 0 saturated carbocycles. The summed E-state index contributed by atoms with van der Waals surface area (Å²) < 4.78 is 7.06. The molecule has 8 heteroatoms. The van der Waals surface area contributed by atoms with Crippen molar-refractivity contribution in [2.75, 3.05) is 7.05 Å². The van der Waals surface area contributed by atoms with Gasteiger partial charge in [0.25, 0.3) is 5.91 Å². The van der Waals surface area contributed by atoms with Gasteiger partial charge in [0.15, 0.2) is 5.82 Å². The first kappa shape index (κ1) is 14.3. The second-order valence-electron chi connectivity index (χ2n) is 5.28. The van der Waals surface area contributed by atoms with Crippen molar-refractivity contribution in [2.45, 2.75) is 33.0 Å². The largest absolute Gasteiger partial charge is 0.469 e. The van der Waals surface area contributed by atoms with E-state index in [0.29, 0.717) is 23.7 Å². The zero-order valence-corrected chi connectivity index (χ0v) is 12.7. The highest BCUT2D eigenvalue weighted by molar-refractivity contribution is 5.97. The molecule has 1 aliphatic heterocycles. The number of amides is 2. The Balaban J connectivity index is 1.96. The van der Waals surface area contributed by atoms with Gasteiger partial charge in [0.1, 0.15) is 23.9 Å². The molecule has 116 valence electrons. The summed E-state index contributed by atoms with van der Waals surface area (Å²) in [5, 5.41) is 10.7. The Bertz CT molecular complexity index is 733. The fraction of sp³-hybridized carbons (Fsp3) is 0.429. The normalized spacial score (nSPS) is 17.2. The molecule has 2 aromatic heterocycles. The molecule has 1 unspecified atom stereocenters. The molecular weight excluding hydrogens is 286 g/mol. The molecule has 0 saturated heterocycles. The summed E-state index contributed by atoms with van der Waals surface area (Å²) >= 11 is 0. The van der Waals surface area contributed by atoms with Gasteiger partial charge in [0.05, 0.1) is 18.7 Å². The fourth-order valence-electron chi connectivity index (χ4n) is 2.64. The smallest absolute Gasteiger partial charge is 0.258 e. The topological polar surface area (TPSA) is 93.3 Å². The van der Waals surface area contributed by atoms with Crippen LogP contribution in [0.25, 0.3) is 0 Å². The van der Waals surface area contributed by atoms with Gasteiger partial charge < -0.3 is 19.2 Å². The molecule has 0 aliphatic carbocycles. The molecule has 1 aliphatic rings. The van der Waals surface area contributed by atoms with Crippen LogP contribution >= 0.6 is 0 Å². The van der Waals surface area contributed by atoms with Crippen LogP contribution < -0.4 is 5.32 Å². The Morgan fingerprint density at radius 3 is 2.77 bits per heavy atom. The Labute approximate surface area is 127 Å². The van der Waals surface area contributed by atoms with E-state index in [0.717, 1.165) is 5.82 Å². The summed E-state index contributed by atoms with van der Waals surface area (Å²) in [7, 11) is 1.56. The summed E-state index contributed by atoms with van der Waals surface area (Å²) in [4.78, 5) is 26.4. The van der Waals surface area contributed by atoms with Gasteiger partial charge in [-0.3, -0.25) is 9.59 Å². The van der Waals surface area contributed by atoms with Crippen LogP contribution in [0, 0.1) is 13.8 Å². The van der Waals surface area contributed by atoms with E-state index in [9.17, 15) is 9.59 Å². The van der Waals surface area contributed by atoms with Crippen molar-refractivity contribution in [1.29, 1.82) is 0 Å². The second-order valence-corrected chi connectivity index (χ2v) is 5.28. The molecule has 1 N–H and O–H groups in total. The highest BCUT2D eigenvalue weighted by atomic mass is 16.3. The van der Waals surface area contributed by atoms with Gasteiger partial charge >= 0.3 is 0 Å². The van der Waals surface area contributed by atoms with Crippen molar-refractivity contribution in [1.82, 2.24) is 25.0 Å². The maximum atomic E-state index is 12.7. The first-order valence-electron chi connectivity index (χ1n) is 6.97. The lowest BCUT2D eigenvalue weighted by molar-refractivity contribution is -0.126. The van der Waals surface area contributed by atoms with Gasteiger partial charge in [-0.15, -0.1) is 10.2 Å². The Morgan fingerprint density at radius 2 is 2.14 bits per heavy atom. The van der Waals surface area contributed by atoms with E-state index in [1.165, 1.54) is 11.2 Å². The van der Waals surface area contributed by atoms with Crippen molar-refractivity contribution >= 4 is 11.8 Å². The van der Waals surface area contributed by atoms with Crippen LogP contribution in [-0.4, -0.2) is 44.6 Å². The van der Waals surface area contributed by atoms with Crippen LogP contribution in [0.5, 0.6) is 0 Å². The number of carbonyl (C=O) groups excluding carboxylic acids is 2. The third-order valence-corrected chi connectivity index (χ3v) is 3.84. The first-order valence-corrected chi connectivity index (χ1v) is 6.97. The Morgan fingerprint density at radius 1 is 1.36 bits per heavy atom. The van der Waals surface area contributed by atoms with Crippen molar-refractivity contribution in [3.8, 4) is 0 Å². The molecule has 1 atom stereocenters. The average molecular weight is 303 g/mol. The number of carbonyl (C=O) groups is 2. The fourth-order valence-corrected chi connectivity index (χ4v) is 2.64. The molecule has 0 aromatic carbocycles. The maximum absolute atomic E-state index is 12.7. The average Bonchev–Trinajstić information content (AvgIpc) is 3.11. The van der Waals surface area contributed by atoms with Crippen molar-refractivity contribution in [3.63, 3.8) is 0 Å². The molecule has 3 heterocycles. The molecule has 0 radical (unpaired) electrons. The number of hydrogen-bond acceptors (Lipinski definition) is 5. The molecule has 0 bridgehead atoms. The number of hydrogen-bond donors (Lipinski definition) is 1. The number of likely N-dealkylation sites (N-methyl/N-ethyl adjacent to an activating group) is 1. The van der Waals surface area contributed by atoms with E-state index in [2.05, 4.69) is 15.5 Å². The van der Waals surface area contributed by atoms with Crippen molar-refractivity contribution in [2.24, 2.45) is 0 Å². The van der Waals surface area contributed by atoms with Crippen LogP contribution in [0.3, 0.4) is 0 Å². The number of nitrogens with one attached hydrogen (secondary N) is 1. The van der Waals surface area contributed by atoms with Crippen molar-refractivity contribution < 1.29 is 14.0 Å². The van der Waals surface area contributed by atoms with E-state index >= 15 is 0 Å². The molecule has 3 rings (SSSR count). The highest BCUT2D eigenvalue weighted by Crippen LogP contribution is 2.21. The number of rotatable bonds is 2. The molecule has 8 nitrogen and oxygen atoms in total. The van der Waals surface area contributed by atoms with Crippen LogP contribution in [0.4, 0.5) is 0 Å². The predicted molar refractivity (Wildman–Crippen MR) is 75.9 cm³/mol. The minimum atomic E-state index is -0.602. The predicted octanol–water partition coefficient (Wildman–Crippen LogP) is 0.259. The van der Waals surface area contributed by atoms with Gasteiger partial charge in [-0.05, 0) is 19.9 Å². The number of nitrogens with zero attached hydrogens (tertiary/aromatic N) is 4. The zero-order chi connectivity index (χ0) is 15.9. The number of aryl methyl sites for hydroxylation is 2. The standard InChI is InChI=1S/C14H17N5O3/c1-8-4-10(7-22-8)14(21)19-6-12-17-16-9(2)18(12)5-11(19)13(20)15-3/h4,7,11H,5-6H2,1-3H3,(H,15,20). The van der Waals surface area contributed by atoms with Crippen LogP contribution in [-0.2, 0) is 17.9 Å². The summed E-state index contributed by atoms with van der Waals surface area (Å²) in [6.45, 7) is 4.18. The van der Waals surface area contributed by atoms with E-state index in [1.807, 2.05) is 11.5 Å². The van der Waals surface area contributed by atoms with Gasteiger partial charge in [0, 0.05) is 7.05 Å². The number of fused-ring (bicyclic) bond motifs is 1. The van der Waals surface area contributed by atoms with E-state index < -0.39 is 6.04 Å². The lowest BCUT2D eigenvalue weighted by Crippen LogP contribution is -2.53. The van der Waals surface area contributed by atoms with Crippen LogP contribution in [0.2, 0.25) is 0 Å². The summed E-state index contributed by atoms with van der Waals surface area (Å²) in [6, 6.07) is 1.06. The Kier molecular flexibility index (Phi) is 3.44. The highest BCUT2D eigenvalue weighted by Gasteiger charge is 2.36. The summed E-state index contributed by atoms with van der Waals surface area (Å²) in [6.07, 6.45) is 1.41. The maximum Gasteiger partial charge on any atom is 0.258 e. The molecule has 0 spiro atoms. The lowest BCUT2D eigenvalue weighted by atomic mass is 10.1. The lowest BCUT2D eigenvalue weighted by Gasteiger charge is -2.34. The molecule has 0 fully saturated rings. The zero-order valence-electron chi connectivity index (χ0n) is 12.7. The van der Waals surface area contributed by atoms with Gasteiger partial charge in [-0.1, -0.05) is 0 Å². The monoisotopic (exact) mass is 303 g/mol. The number of furan rings is 1. The summed E-state index contributed by atoms with van der Waals surface area (Å²) in [5.41, 5.74) is 0.427. The SMILES string of the molecule is CNC(=O)C1Cn2c(C)nnc2CN1C(=O)c1coc(C)c1. The van der Waals surface area contributed by atoms with Crippen LogP contribution in [0.15, 0.2) is 16.7 Å². The van der Waals surface area contributed by atoms with E-state index in [-0.39, 0.29) is 18.4 Å². The van der Waals surface area contributed by atoms with Crippen LogP contribution in [0.1, 0.15) is 27.8 Å². The second kappa shape index (κ2) is 5.28. The third-order valence-electron chi connectivity index (χ3n) is 3.84. The number of aromatic nitrogens is 3. The van der Waals surface area contributed by atoms with E-state index in [4.69, 9.17) is 4.42 Å². The quantitative estimate of drug-likeness (QED) is 0.859. The molecule has 2 aromatic rings. The third kappa shape index (κ3) is 2.26. The summed E-state index contributed by atoms with van der Waals surface area (Å²) in [5.74, 6) is 1.59. The Hall–Kier alpha value is -2.64. The minimum absolute atomic E-state index is 0.215. The first-order chi connectivity index (χ1) is 10.5. The van der Waals surface area contributed by atoms with E-state index in [1.54, 1.807) is 20.0 Å². The molecule has 22 heavy (non-hydrogen) atoms.